The van der Waals surface area contributed by atoms with E-state index in [1.54, 1.807) is 0 Å². The Labute approximate surface area is 121 Å². The zero-order valence-electron chi connectivity index (χ0n) is 12.8. The fourth-order valence-corrected chi connectivity index (χ4v) is 2.36. The predicted octanol–water partition coefficient (Wildman–Crippen LogP) is 3.54. The molecule has 108 valence electrons. The van der Waals surface area contributed by atoms with Crippen LogP contribution in [0.15, 0.2) is 36.4 Å². The fraction of sp³-hybridized carbons (Fsp3) is 0.471. The first-order valence-electron chi connectivity index (χ1n) is 7.55. The maximum Gasteiger partial charge on any atom is 0.0740 e. The van der Waals surface area contributed by atoms with Gasteiger partial charge in [-0.3, -0.25) is 4.68 Å². The van der Waals surface area contributed by atoms with Gasteiger partial charge in [-0.2, -0.15) is 5.10 Å². The van der Waals surface area contributed by atoms with E-state index >= 15 is 0 Å². The summed E-state index contributed by atoms with van der Waals surface area (Å²) in [6.07, 6.45) is 6.46. The van der Waals surface area contributed by atoms with Crippen LogP contribution in [0.3, 0.4) is 0 Å². The van der Waals surface area contributed by atoms with Gasteiger partial charge in [0.05, 0.1) is 11.2 Å². The van der Waals surface area contributed by atoms with E-state index in [0.29, 0.717) is 6.04 Å². The van der Waals surface area contributed by atoms with Gasteiger partial charge in [0.15, 0.2) is 0 Å². The molecule has 0 radical (unpaired) electrons. The van der Waals surface area contributed by atoms with Crippen molar-refractivity contribution in [3.63, 3.8) is 0 Å². The van der Waals surface area contributed by atoms with Crippen LogP contribution in [0.4, 0.5) is 0 Å². The molecule has 0 fully saturated rings. The van der Waals surface area contributed by atoms with Crippen LogP contribution in [0.2, 0.25) is 0 Å². The summed E-state index contributed by atoms with van der Waals surface area (Å²) in [5, 5.41) is 9.40. The second-order valence-electron chi connectivity index (χ2n) is 5.35. The van der Waals surface area contributed by atoms with Gasteiger partial charge in [-0.15, -0.1) is 0 Å². The van der Waals surface area contributed by atoms with Crippen molar-refractivity contribution in [3.05, 3.63) is 42.1 Å². The SMILES string of the molecule is CCn1nc(CC=CCCNC(C)C)c2ccccc21. The van der Waals surface area contributed by atoms with Crippen LogP contribution >= 0.6 is 0 Å². The van der Waals surface area contributed by atoms with Crippen LogP contribution < -0.4 is 5.32 Å². The molecule has 0 bridgehead atoms. The first kappa shape index (κ1) is 14.8. The van der Waals surface area contributed by atoms with Crippen molar-refractivity contribution in [1.29, 1.82) is 0 Å². The van der Waals surface area contributed by atoms with Crippen LogP contribution in [0.5, 0.6) is 0 Å². The monoisotopic (exact) mass is 271 g/mol. The van der Waals surface area contributed by atoms with Gasteiger partial charge in [-0.1, -0.05) is 44.2 Å². The lowest BCUT2D eigenvalue weighted by atomic mass is 10.1. The maximum atomic E-state index is 4.70. The maximum absolute atomic E-state index is 4.70. The molecule has 0 saturated carbocycles. The third-order valence-corrected chi connectivity index (χ3v) is 3.38. The molecule has 1 heterocycles. The normalized spacial score (nSPS) is 12.0. The standard InChI is InChI=1S/C17H25N3/c1-4-20-17-12-8-7-10-15(17)16(19-20)11-6-5-9-13-18-14(2)3/h5-8,10,12,14,18H,4,9,11,13H2,1-3H3. The molecule has 3 nitrogen and oxygen atoms in total. The smallest absolute Gasteiger partial charge is 0.0740 e. The molecule has 0 aliphatic rings. The van der Waals surface area contributed by atoms with Crippen molar-refractivity contribution in [2.45, 2.75) is 46.2 Å². The van der Waals surface area contributed by atoms with Crippen LogP contribution in [0.25, 0.3) is 10.9 Å². The number of hydrogen-bond donors (Lipinski definition) is 1. The van der Waals surface area contributed by atoms with Crippen molar-refractivity contribution in [2.24, 2.45) is 0 Å². The minimum absolute atomic E-state index is 0.563. The number of para-hydroxylation sites is 1. The van der Waals surface area contributed by atoms with Gasteiger partial charge in [-0.05, 0) is 26.0 Å². The third kappa shape index (κ3) is 3.70. The minimum atomic E-state index is 0.563. The lowest BCUT2D eigenvalue weighted by Crippen LogP contribution is -2.23. The second-order valence-corrected chi connectivity index (χ2v) is 5.35. The topological polar surface area (TPSA) is 29.9 Å². The first-order valence-corrected chi connectivity index (χ1v) is 7.55. The van der Waals surface area contributed by atoms with E-state index < -0.39 is 0 Å². The molecule has 1 aromatic heterocycles. The van der Waals surface area contributed by atoms with Crippen LogP contribution in [0, 0.1) is 0 Å². The number of hydrogen-bond acceptors (Lipinski definition) is 2. The Morgan fingerprint density at radius 2 is 2.05 bits per heavy atom. The van der Waals surface area contributed by atoms with Gasteiger partial charge in [0.1, 0.15) is 0 Å². The Morgan fingerprint density at radius 3 is 2.80 bits per heavy atom. The Bertz CT molecular complexity index is 567. The van der Waals surface area contributed by atoms with Crippen LogP contribution in [-0.2, 0) is 13.0 Å². The largest absolute Gasteiger partial charge is 0.314 e. The van der Waals surface area contributed by atoms with Gasteiger partial charge in [0.25, 0.3) is 0 Å². The molecule has 1 aromatic carbocycles. The summed E-state index contributed by atoms with van der Waals surface area (Å²) in [5.74, 6) is 0. The van der Waals surface area contributed by atoms with Gasteiger partial charge < -0.3 is 5.32 Å². The number of allylic oxidation sites excluding steroid dienone is 1. The zero-order valence-corrected chi connectivity index (χ0v) is 12.8. The summed E-state index contributed by atoms with van der Waals surface area (Å²) in [7, 11) is 0. The van der Waals surface area contributed by atoms with E-state index in [-0.39, 0.29) is 0 Å². The molecule has 0 aliphatic heterocycles. The molecule has 3 heteroatoms. The summed E-state index contributed by atoms with van der Waals surface area (Å²) in [4.78, 5) is 0. The molecular formula is C17H25N3. The average Bonchev–Trinajstić information content (AvgIpc) is 2.81. The van der Waals surface area contributed by atoms with Crippen molar-refractivity contribution < 1.29 is 0 Å². The molecule has 20 heavy (non-hydrogen) atoms. The molecule has 0 unspecified atom stereocenters. The Balaban J connectivity index is 1.98. The highest BCUT2D eigenvalue weighted by Crippen LogP contribution is 2.18. The Kier molecular flexibility index (Phi) is 5.36. The van der Waals surface area contributed by atoms with E-state index in [2.05, 4.69) is 67.2 Å². The molecule has 0 amide bonds. The van der Waals surface area contributed by atoms with Crippen molar-refractivity contribution >= 4 is 10.9 Å². The van der Waals surface area contributed by atoms with E-state index in [4.69, 9.17) is 5.10 Å². The number of aryl methyl sites for hydroxylation is 1. The molecule has 0 aliphatic carbocycles. The van der Waals surface area contributed by atoms with Gasteiger partial charge in [0, 0.05) is 24.4 Å². The summed E-state index contributed by atoms with van der Waals surface area (Å²) in [5.41, 5.74) is 2.41. The number of benzene rings is 1. The second kappa shape index (κ2) is 7.25. The van der Waals surface area contributed by atoms with Crippen molar-refractivity contribution in [3.8, 4) is 0 Å². The fourth-order valence-electron chi connectivity index (χ4n) is 2.36. The highest BCUT2D eigenvalue weighted by Gasteiger charge is 2.06. The van der Waals surface area contributed by atoms with Crippen LogP contribution in [0.1, 0.15) is 32.9 Å². The molecular weight excluding hydrogens is 246 g/mol. The lowest BCUT2D eigenvalue weighted by Gasteiger charge is -2.04. The number of nitrogens with zero attached hydrogens (tertiary/aromatic N) is 2. The minimum Gasteiger partial charge on any atom is -0.314 e. The van der Waals surface area contributed by atoms with Crippen molar-refractivity contribution in [2.75, 3.05) is 6.54 Å². The third-order valence-electron chi connectivity index (χ3n) is 3.38. The van der Waals surface area contributed by atoms with E-state index in [1.165, 1.54) is 16.6 Å². The lowest BCUT2D eigenvalue weighted by molar-refractivity contribution is 0.594. The number of rotatable bonds is 7. The van der Waals surface area contributed by atoms with E-state index in [1.807, 2.05) is 0 Å². The zero-order chi connectivity index (χ0) is 14.4. The van der Waals surface area contributed by atoms with Crippen molar-refractivity contribution in [1.82, 2.24) is 15.1 Å². The van der Waals surface area contributed by atoms with Gasteiger partial charge >= 0.3 is 0 Å². The number of fused-ring (bicyclic) bond motifs is 1. The molecule has 2 aromatic rings. The molecule has 0 saturated heterocycles. The highest BCUT2D eigenvalue weighted by molar-refractivity contribution is 5.82. The van der Waals surface area contributed by atoms with Crippen LogP contribution in [-0.4, -0.2) is 22.4 Å². The first-order chi connectivity index (χ1) is 9.72. The van der Waals surface area contributed by atoms with Gasteiger partial charge in [0.2, 0.25) is 0 Å². The molecule has 1 N–H and O–H groups in total. The highest BCUT2D eigenvalue weighted by atomic mass is 15.3. The Morgan fingerprint density at radius 1 is 1.25 bits per heavy atom. The molecule has 2 rings (SSSR count). The average molecular weight is 271 g/mol. The van der Waals surface area contributed by atoms with E-state index in [9.17, 15) is 0 Å². The number of nitrogens with one attached hydrogen (secondary N) is 1. The predicted molar refractivity (Wildman–Crippen MR) is 86.0 cm³/mol. The quantitative estimate of drug-likeness (QED) is 0.616. The van der Waals surface area contributed by atoms with Gasteiger partial charge in [-0.25, -0.2) is 0 Å². The summed E-state index contributed by atoms with van der Waals surface area (Å²) < 4.78 is 2.08. The van der Waals surface area contributed by atoms with E-state index in [0.717, 1.165) is 25.9 Å². The molecule has 0 spiro atoms. The Hall–Kier alpha value is -1.61. The number of aromatic nitrogens is 2. The molecule has 0 atom stereocenters. The summed E-state index contributed by atoms with van der Waals surface area (Å²) in [6, 6.07) is 9.04. The summed E-state index contributed by atoms with van der Waals surface area (Å²) >= 11 is 0. The summed E-state index contributed by atoms with van der Waals surface area (Å²) in [6.45, 7) is 8.44.